The predicted octanol–water partition coefficient (Wildman–Crippen LogP) is 4.02. The molecule has 6 heteroatoms. The molecule has 0 bridgehead atoms. The molecule has 2 N–H and O–H groups in total. The van der Waals surface area contributed by atoms with Crippen molar-refractivity contribution in [3.8, 4) is 0 Å². The van der Waals surface area contributed by atoms with Crippen LogP contribution in [0.2, 0.25) is 0 Å². The third-order valence-electron chi connectivity index (χ3n) is 4.29. The number of carboxylic acid groups (broad SMARTS) is 1. The van der Waals surface area contributed by atoms with Crippen LogP contribution in [-0.4, -0.2) is 47.9 Å². The highest BCUT2D eigenvalue weighted by molar-refractivity contribution is 5.81. The highest BCUT2D eigenvalue weighted by Crippen LogP contribution is 2.21. The molecular weight excluding hydrogens is 334 g/mol. The Morgan fingerprint density at radius 1 is 0.923 bits per heavy atom. The van der Waals surface area contributed by atoms with E-state index in [0.29, 0.717) is 26.0 Å². The number of rotatable bonds is 12. The SMILES string of the molecule is CC.CCC(C)(C)C(=O)NCCC(C)(C)OCCC(C)(C)OCC(=O)O. The number of hydrogen-bond acceptors (Lipinski definition) is 4. The topological polar surface area (TPSA) is 84.9 Å². The molecule has 0 atom stereocenters. The van der Waals surface area contributed by atoms with Crippen molar-refractivity contribution in [2.45, 2.75) is 92.8 Å². The monoisotopic (exact) mass is 375 g/mol. The van der Waals surface area contributed by atoms with E-state index < -0.39 is 11.6 Å². The molecule has 26 heavy (non-hydrogen) atoms. The Bertz CT molecular complexity index is 416. The molecule has 0 aliphatic rings. The van der Waals surface area contributed by atoms with Gasteiger partial charge < -0.3 is 19.9 Å². The van der Waals surface area contributed by atoms with Gasteiger partial charge in [0.25, 0.3) is 0 Å². The van der Waals surface area contributed by atoms with Crippen LogP contribution in [-0.2, 0) is 19.1 Å². The summed E-state index contributed by atoms with van der Waals surface area (Å²) in [5, 5.41) is 11.6. The molecule has 0 heterocycles. The maximum atomic E-state index is 12.0. The minimum Gasteiger partial charge on any atom is -0.480 e. The van der Waals surface area contributed by atoms with Crippen LogP contribution in [0.15, 0.2) is 0 Å². The first kappa shape index (κ1) is 27.1. The second kappa shape index (κ2) is 12.3. The Morgan fingerprint density at radius 3 is 1.88 bits per heavy atom. The molecule has 0 aliphatic heterocycles. The Hall–Kier alpha value is -1.14. The van der Waals surface area contributed by atoms with Crippen LogP contribution in [0.1, 0.15) is 81.6 Å². The van der Waals surface area contributed by atoms with Crippen molar-refractivity contribution in [3.05, 3.63) is 0 Å². The maximum absolute atomic E-state index is 12.0. The quantitative estimate of drug-likeness (QED) is 0.538. The van der Waals surface area contributed by atoms with Crippen molar-refractivity contribution in [3.63, 3.8) is 0 Å². The zero-order valence-electron chi connectivity index (χ0n) is 18.3. The van der Waals surface area contributed by atoms with Crippen molar-refractivity contribution in [2.75, 3.05) is 19.8 Å². The molecule has 1 amide bonds. The molecule has 156 valence electrons. The molecule has 0 rings (SSSR count). The van der Waals surface area contributed by atoms with Gasteiger partial charge in [0.1, 0.15) is 6.61 Å². The molecule has 0 spiro atoms. The van der Waals surface area contributed by atoms with Crippen LogP contribution < -0.4 is 5.32 Å². The Kier molecular flexibility index (Phi) is 12.8. The normalized spacial score (nSPS) is 12.2. The van der Waals surface area contributed by atoms with E-state index in [-0.39, 0.29) is 23.5 Å². The van der Waals surface area contributed by atoms with Gasteiger partial charge in [0.05, 0.1) is 17.8 Å². The number of carbonyl (C=O) groups is 2. The molecule has 0 aromatic heterocycles. The molecule has 0 unspecified atom stereocenters. The first-order valence-electron chi connectivity index (χ1n) is 9.59. The number of nitrogens with one attached hydrogen (secondary N) is 1. The van der Waals surface area contributed by atoms with Crippen LogP contribution in [0.4, 0.5) is 0 Å². The van der Waals surface area contributed by atoms with E-state index in [4.69, 9.17) is 14.6 Å². The van der Waals surface area contributed by atoms with Gasteiger partial charge in [-0.2, -0.15) is 0 Å². The van der Waals surface area contributed by atoms with Crippen molar-refractivity contribution < 1.29 is 24.2 Å². The van der Waals surface area contributed by atoms with E-state index in [1.807, 2.05) is 62.3 Å². The summed E-state index contributed by atoms with van der Waals surface area (Å²) >= 11 is 0. The highest BCUT2D eigenvalue weighted by Gasteiger charge is 2.26. The van der Waals surface area contributed by atoms with E-state index in [1.165, 1.54) is 0 Å². The lowest BCUT2D eigenvalue weighted by Gasteiger charge is -2.30. The van der Waals surface area contributed by atoms with Crippen LogP contribution in [0, 0.1) is 5.41 Å². The minimum absolute atomic E-state index is 0.0593. The molecule has 0 fully saturated rings. The van der Waals surface area contributed by atoms with Crippen LogP contribution >= 0.6 is 0 Å². The number of aliphatic carboxylic acids is 1. The molecule has 0 radical (unpaired) electrons. The van der Waals surface area contributed by atoms with Crippen molar-refractivity contribution >= 4 is 11.9 Å². The summed E-state index contributed by atoms with van der Waals surface area (Å²) in [5.74, 6) is -0.918. The Labute approximate surface area is 160 Å². The Morgan fingerprint density at radius 2 is 1.42 bits per heavy atom. The van der Waals surface area contributed by atoms with Gasteiger partial charge in [0, 0.05) is 12.0 Å². The molecule has 0 aromatic carbocycles. The van der Waals surface area contributed by atoms with Gasteiger partial charge in [-0.1, -0.05) is 34.6 Å². The summed E-state index contributed by atoms with van der Waals surface area (Å²) in [4.78, 5) is 22.6. The van der Waals surface area contributed by atoms with Gasteiger partial charge in [-0.05, 0) is 47.0 Å². The van der Waals surface area contributed by atoms with Crippen molar-refractivity contribution in [2.24, 2.45) is 5.41 Å². The van der Waals surface area contributed by atoms with E-state index >= 15 is 0 Å². The van der Waals surface area contributed by atoms with Crippen LogP contribution in [0.3, 0.4) is 0 Å². The van der Waals surface area contributed by atoms with Gasteiger partial charge in [0.2, 0.25) is 5.91 Å². The van der Waals surface area contributed by atoms with Gasteiger partial charge in [-0.15, -0.1) is 0 Å². The third kappa shape index (κ3) is 13.1. The lowest BCUT2D eigenvalue weighted by Crippen LogP contribution is -2.40. The smallest absolute Gasteiger partial charge is 0.329 e. The summed E-state index contributed by atoms with van der Waals surface area (Å²) in [5.41, 5.74) is -1.27. The molecule has 6 nitrogen and oxygen atoms in total. The molecule has 0 saturated heterocycles. The average Bonchev–Trinajstić information content (AvgIpc) is 2.54. The fourth-order valence-corrected chi connectivity index (χ4v) is 1.85. The van der Waals surface area contributed by atoms with E-state index in [2.05, 4.69) is 5.32 Å². The van der Waals surface area contributed by atoms with Crippen molar-refractivity contribution in [1.82, 2.24) is 5.32 Å². The zero-order valence-corrected chi connectivity index (χ0v) is 18.3. The fraction of sp³-hybridized carbons (Fsp3) is 0.900. The van der Waals surface area contributed by atoms with Crippen LogP contribution in [0.5, 0.6) is 0 Å². The van der Waals surface area contributed by atoms with E-state index in [0.717, 1.165) is 6.42 Å². The fourth-order valence-electron chi connectivity index (χ4n) is 1.85. The minimum atomic E-state index is -0.977. The second-order valence-electron chi connectivity index (χ2n) is 8.04. The zero-order chi connectivity index (χ0) is 21.0. The van der Waals surface area contributed by atoms with Crippen LogP contribution in [0.25, 0.3) is 0 Å². The van der Waals surface area contributed by atoms with Gasteiger partial charge in [0.15, 0.2) is 0 Å². The lowest BCUT2D eigenvalue weighted by molar-refractivity contribution is -0.150. The molecule has 0 saturated carbocycles. The molecular formula is C20H41NO5. The summed E-state index contributed by atoms with van der Waals surface area (Å²) in [6, 6.07) is 0. The lowest BCUT2D eigenvalue weighted by atomic mass is 9.89. The number of carbonyl (C=O) groups excluding carboxylic acids is 1. The first-order valence-corrected chi connectivity index (χ1v) is 9.59. The summed E-state index contributed by atoms with van der Waals surface area (Å²) in [6.45, 7) is 18.2. The summed E-state index contributed by atoms with van der Waals surface area (Å²) in [6.07, 6.45) is 2.10. The van der Waals surface area contributed by atoms with Gasteiger partial charge in [-0.25, -0.2) is 4.79 Å². The summed E-state index contributed by atoms with van der Waals surface area (Å²) in [7, 11) is 0. The maximum Gasteiger partial charge on any atom is 0.329 e. The summed E-state index contributed by atoms with van der Waals surface area (Å²) < 4.78 is 11.2. The molecule has 0 aliphatic carbocycles. The van der Waals surface area contributed by atoms with Gasteiger partial charge in [-0.3, -0.25) is 4.79 Å². The van der Waals surface area contributed by atoms with Gasteiger partial charge >= 0.3 is 5.97 Å². The standard InChI is InChI=1S/C18H35NO5.C2H6/c1-8-16(2,3)15(22)19-11-9-17(4,5)23-12-10-18(6,7)24-13-14(20)21;1-2/h8-13H2,1-7H3,(H,19,22)(H,20,21);1-2H3. The third-order valence-corrected chi connectivity index (χ3v) is 4.29. The number of carboxylic acids is 1. The highest BCUT2D eigenvalue weighted by atomic mass is 16.5. The van der Waals surface area contributed by atoms with Crippen molar-refractivity contribution in [1.29, 1.82) is 0 Å². The van der Waals surface area contributed by atoms with E-state index in [9.17, 15) is 9.59 Å². The van der Waals surface area contributed by atoms with E-state index in [1.54, 1.807) is 0 Å². The first-order chi connectivity index (χ1) is 11.8. The second-order valence-corrected chi connectivity index (χ2v) is 8.04. The number of hydrogen-bond donors (Lipinski definition) is 2. The average molecular weight is 376 g/mol. The largest absolute Gasteiger partial charge is 0.480 e. The number of amides is 1. The molecule has 0 aromatic rings. The predicted molar refractivity (Wildman–Crippen MR) is 105 cm³/mol. The Balaban J connectivity index is 0. The number of ether oxygens (including phenoxy) is 2.